The van der Waals surface area contributed by atoms with Crippen molar-refractivity contribution < 1.29 is 18.9 Å². The molecule has 0 aliphatic carbocycles. The van der Waals surface area contributed by atoms with E-state index >= 15 is 0 Å². The third-order valence-electron chi connectivity index (χ3n) is 8.99. The van der Waals surface area contributed by atoms with E-state index in [0.717, 1.165) is 0 Å². The van der Waals surface area contributed by atoms with Crippen LogP contribution in [0.3, 0.4) is 0 Å². The van der Waals surface area contributed by atoms with Crippen LogP contribution in [-0.2, 0) is 0 Å². The summed E-state index contributed by atoms with van der Waals surface area (Å²) in [6.07, 6.45) is 0. The van der Waals surface area contributed by atoms with Gasteiger partial charge in [0.15, 0.2) is 0 Å². The first-order valence-electron chi connectivity index (χ1n) is 18.1. The largest absolute Gasteiger partial charge is 0.435 e. The number of fused-ring (bicyclic) bond motifs is 9. The molecule has 11 rings (SSSR count). The molecule has 0 unspecified atom stereocenters. The van der Waals surface area contributed by atoms with Gasteiger partial charge in [0.2, 0.25) is 22.6 Å². The fourth-order valence-electron chi connectivity index (χ4n) is 6.37. The van der Waals surface area contributed by atoms with E-state index in [1.807, 2.05) is 121 Å². The molecular formula is C44H24N10O4. The first kappa shape index (κ1) is 32.9. The Bertz CT molecular complexity index is 3120. The maximum atomic E-state index is 6.22. The first-order valence-corrected chi connectivity index (χ1v) is 18.1. The first-order chi connectivity index (χ1) is 28.7. The second kappa shape index (κ2) is 13.6. The minimum absolute atomic E-state index is 0.0862. The van der Waals surface area contributed by atoms with Crippen LogP contribution in [0.15, 0.2) is 146 Å². The molecule has 0 saturated carbocycles. The monoisotopic (exact) mass is 756 g/mol. The lowest BCUT2D eigenvalue weighted by Crippen LogP contribution is -2.04. The fraction of sp³-hybridized carbons (Fsp3) is 0. The summed E-state index contributed by atoms with van der Waals surface area (Å²) in [5.41, 5.74) is 4.28. The van der Waals surface area contributed by atoms with E-state index in [0.29, 0.717) is 67.1 Å². The number of nitrogens with zero attached hydrogens (tertiary/aromatic N) is 10. The summed E-state index contributed by atoms with van der Waals surface area (Å²) in [4.78, 5) is 49.3. The van der Waals surface area contributed by atoms with Gasteiger partial charge in [-0.3, -0.25) is 0 Å². The summed E-state index contributed by atoms with van der Waals surface area (Å²) in [5.74, 6) is 2.49. The number of para-hydroxylation sites is 6. The van der Waals surface area contributed by atoms with E-state index in [4.69, 9.17) is 68.8 Å². The molecule has 0 fully saturated rings. The zero-order valence-electron chi connectivity index (χ0n) is 30.0. The van der Waals surface area contributed by atoms with Crippen LogP contribution in [0.4, 0.5) is 0 Å². The average Bonchev–Trinajstić information content (AvgIpc) is 3.27. The van der Waals surface area contributed by atoms with Crippen molar-refractivity contribution in [2.24, 2.45) is 0 Å². The van der Waals surface area contributed by atoms with Crippen LogP contribution >= 0.6 is 0 Å². The molecule has 11 aromatic rings. The van der Waals surface area contributed by atoms with Gasteiger partial charge in [-0.1, -0.05) is 84.9 Å². The minimum Gasteiger partial charge on any atom is -0.435 e. The molecule has 6 aromatic carbocycles. The van der Waals surface area contributed by atoms with Crippen molar-refractivity contribution in [3.63, 3.8) is 0 Å². The van der Waals surface area contributed by atoms with Gasteiger partial charge >= 0.3 is 0 Å². The Labute approximate surface area is 326 Å². The molecule has 0 aliphatic heterocycles. The van der Waals surface area contributed by atoms with Crippen LogP contribution in [0.5, 0.6) is 46.5 Å². The number of hydrogen-bond acceptors (Lipinski definition) is 14. The van der Waals surface area contributed by atoms with E-state index in [-0.39, 0.29) is 46.1 Å². The smallest absolute Gasteiger partial charge is 0.286 e. The summed E-state index contributed by atoms with van der Waals surface area (Å²) in [6.45, 7) is 0. The highest BCUT2D eigenvalue weighted by Crippen LogP contribution is 2.38. The molecule has 0 atom stereocenters. The molecule has 14 heteroatoms. The predicted octanol–water partition coefficient (Wildman–Crippen LogP) is 9.72. The van der Waals surface area contributed by atoms with Gasteiger partial charge in [-0.05, 0) is 60.7 Å². The molecule has 0 bridgehead atoms. The van der Waals surface area contributed by atoms with E-state index in [1.54, 1.807) is 24.3 Å². The molecule has 274 valence electrons. The quantitative estimate of drug-likeness (QED) is 0.106. The summed E-state index contributed by atoms with van der Waals surface area (Å²) in [7, 11) is 0. The molecule has 58 heavy (non-hydrogen) atoms. The standard InChI is InChI=1S/C44H24N10O4/c1-5-15-25(16-6-1)55-41-43(57-27-19-9-3-10-20-27)53-39-37(51-41)47-33-31-32(46-30-24-14-13-23-29(30)45-31)34-36(35(33)49-39)50-40-38(48-34)52-42(56-26-17-7-2-8-18-26)44(54-40)58-28-21-11-4-12-22-28/h1-24H. The number of aromatic nitrogens is 10. The van der Waals surface area contributed by atoms with E-state index < -0.39 is 0 Å². The molecule has 0 aliphatic rings. The normalized spacial score (nSPS) is 11.4. The zero-order chi connectivity index (χ0) is 38.4. The maximum Gasteiger partial charge on any atom is 0.286 e. The highest BCUT2D eigenvalue weighted by atomic mass is 16.5. The number of ether oxygens (including phenoxy) is 4. The molecule has 5 aromatic heterocycles. The van der Waals surface area contributed by atoms with Gasteiger partial charge in [0.25, 0.3) is 23.5 Å². The van der Waals surface area contributed by atoms with Gasteiger partial charge in [0.05, 0.1) is 11.0 Å². The van der Waals surface area contributed by atoms with Gasteiger partial charge in [-0.25, -0.2) is 29.9 Å². The van der Waals surface area contributed by atoms with E-state index in [9.17, 15) is 0 Å². The van der Waals surface area contributed by atoms with Crippen molar-refractivity contribution in [3.8, 4) is 46.5 Å². The van der Waals surface area contributed by atoms with E-state index in [1.165, 1.54) is 0 Å². The van der Waals surface area contributed by atoms with Gasteiger partial charge in [-0.15, -0.1) is 0 Å². The van der Waals surface area contributed by atoms with Crippen molar-refractivity contribution in [1.82, 2.24) is 49.8 Å². The Kier molecular flexibility index (Phi) is 7.74. The minimum atomic E-state index is 0.0862. The van der Waals surface area contributed by atoms with Gasteiger partial charge in [0, 0.05) is 0 Å². The van der Waals surface area contributed by atoms with Crippen molar-refractivity contribution >= 4 is 66.7 Å². The summed E-state index contributed by atoms with van der Waals surface area (Å²) in [6, 6.07) is 44.4. The molecule has 0 N–H and O–H groups in total. The fourth-order valence-corrected chi connectivity index (χ4v) is 6.37. The Morgan fingerprint density at radius 3 is 0.707 bits per heavy atom. The lowest BCUT2D eigenvalue weighted by atomic mass is 10.1. The average molecular weight is 757 g/mol. The Morgan fingerprint density at radius 1 is 0.224 bits per heavy atom. The highest BCUT2D eigenvalue weighted by molar-refractivity contribution is 6.20. The van der Waals surface area contributed by atoms with Gasteiger partial charge in [0.1, 0.15) is 56.1 Å². The summed E-state index contributed by atoms with van der Waals surface area (Å²) in [5, 5.41) is 0. The van der Waals surface area contributed by atoms with Crippen LogP contribution < -0.4 is 18.9 Å². The van der Waals surface area contributed by atoms with Crippen molar-refractivity contribution in [2.45, 2.75) is 0 Å². The lowest BCUT2D eigenvalue weighted by Gasteiger charge is -2.13. The van der Waals surface area contributed by atoms with Crippen LogP contribution in [0.25, 0.3) is 66.7 Å². The van der Waals surface area contributed by atoms with Crippen molar-refractivity contribution in [1.29, 1.82) is 0 Å². The lowest BCUT2D eigenvalue weighted by molar-refractivity contribution is 0.394. The molecular weight excluding hydrogens is 733 g/mol. The third-order valence-corrected chi connectivity index (χ3v) is 8.99. The second-order valence-electron chi connectivity index (χ2n) is 12.9. The Hall–Kier alpha value is -8.52. The van der Waals surface area contributed by atoms with Gasteiger partial charge < -0.3 is 18.9 Å². The second-order valence-corrected chi connectivity index (χ2v) is 12.9. The van der Waals surface area contributed by atoms with Gasteiger partial charge in [-0.2, -0.15) is 19.9 Å². The predicted molar refractivity (Wildman–Crippen MR) is 215 cm³/mol. The number of rotatable bonds is 8. The highest BCUT2D eigenvalue weighted by Gasteiger charge is 2.24. The van der Waals surface area contributed by atoms with Crippen LogP contribution in [0, 0.1) is 0 Å². The third kappa shape index (κ3) is 6.02. The molecule has 0 spiro atoms. The summed E-state index contributed by atoms with van der Waals surface area (Å²) < 4.78 is 24.9. The van der Waals surface area contributed by atoms with Crippen LogP contribution in [-0.4, -0.2) is 49.8 Å². The van der Waals surface area contributed by atoms with E-state index in [2.05, 4.69) is 0 Å². The topological polar surface area (TPSA) is 166 Å². The molecule has 5 heterocycles. The Balaban J connectivity index is 1.18. The molecule has 0 radical (unpaired) electrons. The van der Waals surface area contributed by atoms with Crippen molar-refractivity contribution in [3.05, 3.63) is 146 Å². The molecule has 14 nitrogen and oxygen atoms in total. The maximum absolute atomic E-state index is 6.22. The number of hydrogen-bond donors (Lipinski definition) is 0. The number of benzene rings is 6. The van der Waals surface area contributed by atoms with Crippen LogP contribution in [0.2, 0.25) is 0 Å². The summed E-state index contributed by atoms with van der Waals surface area (Å²) >= 11 is 0. The SMILES string of the molecule is c1ccc(Oc2nc3nc4c5nc6ccccc6nc5c5nc6nc(Oc7ccccc7)c(Oc7ccccc7)nc6nc5c4nc3nc2Oc2ccccc2)cc1. The zero-order valence-corrected chi connectivity index (χ0v) is 30.0. The molecule has 0 saturated heterocycles. The van der Waals surface area contributed by atoms with Crippen LogP contribution in [0.1, 0.15) is 0 Å². The molecule has 0 amide bonds. The Morgan fingerprint density at radius 2 is 0.448 bits per heavy atom. The van der Waals surface area contributed by atoms with Crippen molar-refractivity contribution in [2.75, 3.05) is 0 Å².